The smallest absolute Gasteiger partial charge is 0.127 e. The lowest BCUT2D eigenvalue weighted by molar-refractivity contribution is 0.109. The van der Waals surface area contributed by atoms with E-state index in [0.29, 0.717) is 6.42 Å². The molecular weight excluding hydrogens is 246 g/mol. The largest absolute Gasteiger partial charge is 0.378 e. The Morgan fingerprint density at radius 2 is 1.74 bits per heavy atom. The SMILES string of the molecule is CCCCCCC(C)(O)C#Cc1cc(F)cc(F)c1. The van der Waals surface area contributed by atoms with Crippen molar-refractivity contribution in [1.82, 2.24) is 0 Å². The van der Waals surface area contributed by atoms with Crippen LogP contribution in [-0.4, -0.2) is 10.7 Å². The van der Waals surface area contributed by atoms with Crippen LogP contribution in [0.25, 0.3) is 0 Å². The van der Waals surface area contributed by atoms with Gasteiger partial charge in [0.25, 0.3) is 0 Å². The van der Waals surface area contributed by atoms with E-state index < -0.39 is 17.2 Å². The monoisotopic (exact) mass is 266 g/mol. The lowest BCUT2D eigenvalue weighted by Gasteiger charge is -2.15. The Kier molecular flexibility index (Phi) is 5.98. The highest BCUT2D eigenvalue weighted by Crippen LogP contribution is 2.15. The summed E-state index contributed by atoms with van der Waals surface area (Å²) in [5.74, 6) is 3.99. The van der Waals surface area contributed by atoms with Crippen molar-refractivity contribution in [3.05, 3.63) is 35.4 Å². The van der Waals surface area contributed by atoms with Crippen LogP contribution in [0.5, 0.6) is 0 Å². The van der Waals surface area contributed by atoms with Crippen molar-refractivity contribution >= 4 is 0 Å². The van der Waals surface area contributed by atoms with Gasteiger partial charge in [-0.2, -0.15) is 0 Å². The summed E-state index contributed by atoms with van der Waals surface area (Å²) < 4.78 is 25.9. The molecule has 0 saturated carbocycles. The molecule has 0 saturated heterocycles. The molecule has 104 valence electrons. The molecule has 1 rings (SSSR count). The third kappa shape index (κ3) is 6.35. The molecule has 3 heteroatoms. The molecule has 1 aromatic carbocycles. The fraction of sp³-hybridized carbons (Fsp3) is 0.500. The van der Waals surface area contributed by atoms with Crippen LogP contribution >= 0.6 is 0 Å². The minimum Gasteiger partial charge on any atom is -0.378 e. The van der Waals surface area contributed by atoms with Crippen LogP contribution in [0.4, 0.5) is 8.78 Å². The van der Waals surface area contributed by atoms with Gasteiger partial charge in [-0.15, -0.1) is 0 Å². The number of hydrogen-bond donors (Lipinski definition) is 1. The van der Waals surface area contributed by atoms with E-state index in [0.717, 1.165) is 43.9 Å². The van der Waals surface area contributed by atoms with Gasteiger partial charge in [-0.3, -0.25) is 0 Å². The molecule has 0 heterocycles. The standard InChI is InChI=1S/C16H20F2O/c1-3-4-5-6-8-16(2,19)9-7-13-10-14(17)12-15(18)11-13/h10-12,19H,3-6,8H2,1-2H3. The van der Waals surface area contributed by atoms with E-state index in [1.165, 1.54) is 0 Å². The van der Waals surface area contributed by atoms with E-state index in [1.807, 2.05) is 0 Å². The highest BCUT2D eigenvalue weighted by molar-refractivity contribution is 5.36. The molecule has 0 fully saturated rings. The average Bonchev–Trinajstić information content (AvgIpc) is 2.31. The summed E-state index contributed by atoms with van der Waals surface area (Å²) in [4.78, 5) is 0. The number of hydrogen-bond acceptors (Lipinski definition) is 1. The summed E-state index contributed by atoms with van der Waals surface area (Å²) in [7, 11) is 0. The van der Waals surface area contributed by atoms with Crippen LogP contribution in [-0.2, 0) is 0 Å². The molecule has 0 aliphatic heterocycles. The van der Waals surface area contributed by atoms with Gasteiger partial charge in [0.05, 0.1) is 0 Å². The maximum Gasteiger partial charge on any atom is 0.127 e. The van der Waals surface area contributed by atoms with Gasteiger partial charge in [-0.05, 0) is 31.9 Å². The molecule has 19 heavy (non-hydrogen) atoms. The Morgan fingerprint density at radius 3 is 2.32 bits per heavy atom. The lowest BCUT2D eigenvalue weighted by Crippen LogP contribution is -2.21. The van der Waals surface area contributed by atoms with Gasteiger partial charge < -0.3 is 5.11 Å². The molecule has 0 spiro atoms. The maximum atomic E-state index is 13.0. The lowest BCUT2D eigenvalue weighted by atomic mass is 9.98. The Hall–Kier alpha value is -1.40. The molecule has 0 aromatic heterocycles. The fourth-order valence-electron chi connectivity index (χ4n) is 1.79. The van der Waals surface area contributed by atoms with Gasteiger partial charge in [0, 0.05) is 11.6 Å². The van der Waals surface area contributed by atoms with E-state index in [1.54, 1.807) is 6.92 Å². The second-order valence-electron chi connectivity index (χ2n) is 4.99. The van der Waals surface area contributed by atoms with Gasteiger partial charge in [0.2, 0.25) is 0 Å². The summed E-state index contributed by atoms with van der Waals surface area (Å²) in [6.07, 6.45) is 4.79. The third-order valence-electron chi connectivity index (χ3n) is 2.86. The van der Waals surface area contributed by atoms with Gasteiger partial charge in [-0.1, -0.05) is 38.0 Å². The first-order chi connectivity index (χ1) is 8.93. The van der Waals surface area contributed by atoms with Crippen molar-refractivity contribution in [2.24, 2.45) is 0 Å². The van der Waals surface area contributed by atoms with Crippen molar-refractivity contribution in [2.45, 2.75) is 51.6 Å². The van der Waals surface area contributed by atoms with E-state index in [2.05, 4.69) is 18.8 Å². The molecule has 0 aliphatic rings. The molecule has 1 unspecified atom stereocenters. The van der Waals surface area contributed by atoms with E-state index in [9.17, 15) is 13.9 Å². The molecule has 0 bridgehead atoms. The zero-order valence-electron chi connectivity index (χ0n) is 11.5. The highest BCUT2D eigenvalue weighted by Gasteiger charge is 2.15. The Morgan fingerprint density at radius 1 is 1.11 bits per heavy atom. The number of rotatable bonds is 5. The Bertz CT molecular complexity index is 449. The molecule has 1 nitrogen and oxygen atoms in total. The number of halogens is 2. The predicted molar refractivity (Wildman–Crippen MR) is 72.6 cm³/mol. The van der Waals surface area contributed by atoms with Gasteiger partial charge in [-0.25, -0.2) is 8.78 Å². The summed E-state index contributed by atoms with van der Waals surface area (Å²) in [6.45, 7) is 3.75. The summed E-state index contributed by atoms with van der Waals surface area (Å²) in [5.41, 5.74) is -0.873. The number of benzene rings is 1. The van der Waals surface area contributed by atoms with Gasteiger partial charge in [0.15, 0.2) is 0 Å². The quantitative estimate of drug-likeness (QED) is 0.630. The Balaban J connectivity index is 2.64. The van der Waals surface area contributed by atoms with Crippen molar-refractivity contribution < 1.29 is 13.9 Å². The predicted octanol–water partition coefficient (Wildman–Crippen LogP) is 4.04. The summed E-state index contributed by atoms with van der Waals surface area (Å²) in [6, 6.07) is 3.11. The minimum atomic E-state index is -1.11. The number of unbranched alkanes of at least 4 members (excludes halogenated alkanes) is 3. The first kappa shape index (κ1) is 15.7. The Labute approximate surface area is 113 Å². The average molecular weight is 266 g/mol. The summed E-state index contributed by atoms with van der Waals surface area (Å²) in [5, 5.41) is 10.1. The molecule has 1 N–H and O–H groups in total. The maximum absolute atomic E-state index is 13.0. The molecule has 0 aliphatic carbocycles. The second kappa shape index (κ2) is 7.25. The third-order valence-corrected chi connectivity index (χ3v) is 2.86. The fourth-order valence-corrected chi connectivity index (χ4v) is 1.79. The molecule has 1 atom stereocenters. The first-order valence-electron chi connectivity index (χ1n) is 6.64. The van der Waals surface area contributed by atoms with E-state index >= 15 is 0 Å². The van der Waals surface area contributed by atoms with E-state index in [-0.39, 0.29) is 5.56 Å². The van der Waals surface area contributed by atoms with Crippen LogP contribution in [0.3, 0.4) is 0 Å². The van der Waals surface area contributed by atoms with Crippen LogP contribution < -0.4 is 0 Å². The zero-order chi connectivity index (χ0) is 14.3. The first-order valence-corrected chi connectivity index (χ1v) is 6.64. The second-order valence-corrected chi connectivity index (χ2v) is 4.99. The minimum absolute atomic E-state index is 0.242. The van der Waals surface area contributed by atoms with Crippen LogP contribution in [0, 0.1) is 23.5 Å². The molecule has 0 radical (unpaired) electrons. The van der Waals surface area contributed by atoms with Crippen molar-refractivity contribution in [3.8, 4) is 11.8 Å². The van der Waals surface area contributed by atoms with E-state index in [4.69, 9.17) is 0 Å². The van der Waals surface area contributed by atoms with Crippen molar-refractivity contribution in [2.75, 3.05) is 0 Å². The van der Waals surface area contributed by atoms with Crippen molar-refractivity contribution in [3.63, 3.8) is 0 Å². The van der Waals surface area contributed by atoms with Gasteiger partial charge in [0.1, 0.15) is 17.2 Å². The van der Waals surface area contributed by atoms with Gasteiger partial charge >= 0.3 is 0 Å². The molecule has 0 amide bonds. The van der Waals surface area contributed by atoms with Crippen LogP contribution in [0.1, 0.15) is 51.5 Å². The summed E-state index contributed by atoms with van der Waals surface area (Å²) >= 11 is 0. The highest BCUT2D eigenvalue weighted by atomic mass is 19.1. The zero-order valence-corrected chi connectivity index (χ0v) is 11.5. The molecular formula is C16H20F2O. The van der Waals surface area contributed by atoms with Crippen LogP contribution in [0.15, 0.2) is 18.2 Å². The topological polar surface area (TPSA) is 20.2 Å². The van der Waals surface area contributed by atoms with Crippen molar-refractivity contribution in [1.29, 1.82) is 0 Å². The normalized spacial score (nSPS) is 13.5. The van der Waals surface area contributed by atoms with Crippen LogP contribution in [0.2, 0.25) is 0 Å². The number of aliphatic hydroxyl groups is 1. The molecule has 1 aromatic rings.